The maximum absolute atomic E-state index is 12.8. The average molecular weight is 366 g/mol. The number of likely N-dealkylation sites (tertiary alicyclic amines) is 1. The molecule has 1 N–H and O–H groups in total. The summed E-state index contributed by atoms with van der Waals surface area (Å²) >= 11 is 0. The number of hydrogen-bond acceptors (Lipinski definition) is 4. The zero-order valence-electron chi connectivity index (χ0n) is 15.6. The molecule has 1 heterocycles. The van der Waals surface area contributed by atoms with Crippen LogP contribution in [0.3, 0.4) is 0 Å². The van der Waals surface area contributed by atoms with Gasteiger partial charge in [0.05, 0.1) is 0 Å². The van der Waals surface area contributed by atoms with E-state index in [2.05, 4.69) is 5.32 Å². The molecule has 0 aromatic heterocycles. The summed E-state index contributed by atoms with van der Waals surface area (Å²) in [4.78, 5) is 25.6. The standard InChI is InChI=1S/C19H27FN2O4/c1-19(2,3)26-18(24)21-12-14-8-10-22(11-9-14)17(23)13-25-16-6-4-15(20)5-7-16/h4-7,14H,8-13H2,1-3H3,(H,21,24). The Morgan fingerprint density at radius 3 is 2.38 bits per heavy atom. The fraction of sp³-hybridized carbons (Fsp3) is 0.579. The summed E-state index contributed by atoms with van der Waals surface area (Å²) in [7, 11) is 0. The number of ether oxygens (including phenoxy) is 2. The molecule has 1 aliphatic heterocycles. The van der Waals surface area contributed by atoms with Gasteiger partial charge in [0.15, 0.2) is 6.61 Å². The fourth-order valence-electron chi connectivity index (χ4n) is 2.70. The maximum Gasteiger partial charge on any atom is 0.407 e. The lowest BCUT2D eigenvalue weighted by Crippen LogP contribution is -2.43. The number of hydrogen-bond donors (Lipinski definition) is 1. The van der Waals surface area contributed by atoms with Crippen molar-refractivity contribution in [1.29, 1.82) is 0 Å². The van der Waals surface area contributed by atoms with Gasteiger partial charge in [0.25, 0.3) is 5.91 Å². The Labute approximate surface area is 153 Å². The van der Waals surface area contributed by atoms with Crippen LogP contribution in [0.2, 0.25) is 0 Å². The molecule has 1 saturated heterocycles. The monoisotopic (exact) mass is 366 g/mol. The molecule has 0 spiro atoms. The molecule has 0 unspecified atom stereocenters. The first-order valence-corrected chi connectivity index (χ1v) is 8.86. The number of nitrogens with zero attached hydrogens (tertiary/aromatic N) is 1. The minimum atomic E-state index is -0.510. The van der Waals surface area contributed by atoms with Gasteiger partial charge in [0, 0.05) is 19.6 Å². The molecule has 1 aliphatic rings. The summed E-state index contributed by atoms with van der Waals surface area (Å²) in [6, 6.07) is 5.58. The second-order valence-corrected chi connectivity index (χ2v) is 7.45. The molecular formula is C19H27FN2O4. The molecular weight excluding hydrogens is 339 g/mol. The van der Waals surface area contributed by atoms with E-state index in [1.165, 1.54) is 24.3 Å². The Balaban J connectivity index is 1.66. The van der Waals surface area contributed by atoms with Crippen LogP contribution in [-0.4, -0.2) is 48.7 Å². The predicted molar refractivity (Wildman–Crippen MR) is 95.4 cm³/mol. The van der Waals surface area contributed by atoms with E-state index in [-0.39, 0.29) is 18.3 Å². The molecule has 1 aromatic rings. The van der Waals surface area contributed by atoms with Crippen LogP contribution in [0.25, 0.3) is 0 Å². The number of rotatable bonds is 5. The number of alkyl carbamates (subject to hydrolysis) is 1. The number of halogens is 1. The van der Waals surface area contributed by atoms with Crippen LogP contribution >= 0.6 is 0 Å². The van der Waals surface area contributed by atoms with E-state index in [9.17, 15) is 14.0 Å². The number of nitrogens with one attached hydrogen (secondary N) is 1. The molecule has 1 aromatic carbocycles. The van der Waals surface area contributed by atoms with Gasteiger partial charge in [-0.3, -0.25) is 4.79 Å². The van der Waals surface area contributed by atoms with E-state index in [1.807, 2.05) is 20.8 Å². The zero-order chi connectivity index (χ0) is 19.2. The normalized spacial score (nSPS) is 15.5. The van der Waals surface area contributed by atoms with Crippen LogP contribution in [0, 0.1) is 11.7 Å². The summed E-state index contributed by atoms with van der Waals surface area (Å²) in [6.45, 7) is 7.22. The van der Waals surface area contributed by atoms with E-state index in [4.69, 9.17) is 9.47 Å². The molecule has 26 heavy (non-hydrogen) atoms. The molecule has 0 radical (unpaired) electrons. The van der Waals surface area contributed by atoms with Crippen molar-refractivity contribution in [2.75, 3.05) is 26.2 Å². The van der Waals surface area contributed by atoms with E-state index in [0.29, 0.717) is 31.3 Å². The summed E-state index contributed by atoms with van der Waals surface area (Å²) in [5.74, 6) is 0.361. The van der Waals surface area contributed by atoms with Gasteiger partial charge < -0.3 is 19.7 Å². The van der Waals surface area contributed by atoms with Crippen LogP contribution in [-0.2, 0) is 9.53 Å². The van der Waals surface area contributed by atoms with Gasteiger partial charge in [-0.2, -0.15) is 0 Å². The third kappa shape index (κ3) is 6.90. The number of amides is 2. The quantitative estimate of drug-likeness (QED) is 0.870. The molecule has 2 rings (SSSR count). The molecule has 7 heteroatoms. The second kappa shape index (κ2) is 8.87. The van der Waals surface area contributed by atoms with Gasteiger partial charge in [-0.25, -0.2) is 9.18 Å². The Hall–Kier alpha value is -2.31. The zero-order valence-corrected chi connectivity index (χ0v) is 15.6. The summed E-state index contributed by atoms with van der Waals surface area (Å²) in [5.41, 5.74) is -0.510. The highest BCUT2D eigenvalue weighted by atomic mass is 19.1. The summed E-state index contributed by atoms with van der Waals surface area (Å²) < 4.78 is 23.5. The van der Waals surface area contributed by atoms with Gasteiger partial charge in [0.2, 0.25) is 0 Å². The van der Waals surface area contributed by atoms with Gasteiger partial charge >= 0.3 is 6.09 Å². The molecule has 144 valence electrons. The van der Waals surface area contributed by atoms with Crippen molar-refractivity contribution < 1.29 is 23.5 Å². The Bertz CT molecular complexity index is 605. The molecule has 6 nitrogen and oxygen atoms in total. The van der Waals surface area contributed by atoms with Crippen molar-refractivity contribution in [3.8, 4) is 5.75 Å². The predicted octanol–water partition coefficient (Wildman–Crippen LogP) is 2.97. The third-order valence-electron chi connectivity index (χ3n) is 4.08. The van der Waals surface area contributed by atoms with Gasteiger partial charge in [-0.15, -0.1) is 0 Å². The smallest absolute Gasteiger partial charge is 0.407 e. The number of carbonyl (C=O) groups is 2. The van der Waals surface area contributed by atoms with Crippen molar-refractivity contribution in [3.05, 3.63) is 30.1 Å². The van der Waals surface area contributed by atoms with Crippen molar-refractivity contribution in [1.82, 2.24) is 10.2 Å². The van der Waals surface area contributed by atoms with Gasteiger partial charge in [0.1, 0.15) is 17.2 Å². The first kappa shape index (κ1) is 20.0. The Morgan fingerprint density at radius 1 is 1.19 bits per heavy atom. The van der Waals surface area contributed by atoms with Gasteiger partial charge in [-0.05, 0) is 63.8 Å². The lowest BCUT2D eigenvalue weighted by atomic mass is 9.97. The van der Waals surface area contributed by atoms with Crippen molar-refractivity contribution in [3.63, 3.8) is 0 Å². The summed E-state index contributed by atoms with van der Waals surface area (Å²) in [5, 5.41) is 2.78. The second-order valence-electron chi connectivity index (χ2n) is 7.45. The molecule has 0 aliphatic carbocycles. The van der Waals surface area contributed by atoms with E-state index in [1.54, 1.807) is 4.90 Å². The van der Waals surface area contributed by atoms with E-state index >= 15 is 0 Å². The first-order chi connectivity index (χ1) is 12.2. The number of carbonyl (C=O) groups excluding carboxylic acids is 2. The third-order valence-corrected chi connectivity index (χ3v) is 4.08. The van der Waals surface area contributed by atoms with Crippen molar-refractivity contribution in [2.24, 2.45) is 5.92 Å². The molecule has 0 bridgehead atoms. The SMILES string of the molecule is CC(C)(C)OC(=O)NCC1CCN(C(=O)COc2ccc(F)cc2)CC1. The molecule has 0 atom stereocenters. The van der Waals surface area contributed by atoms with E-state index in [0.717, 1.165) is 12.8 Å². The van der Waals surface area contributed by atoms with Crippen molar-refractivity contribution in [2.45, 2.75) is 39.2 Å². The van der Waals surface area contributed by atoms with Gasteiger partial charge in [-0.1, -0.05) is 0 Å². The Morgan fingerprint density at radius 2 is 1.81 bits per heavy atom. The minimum absolute atomic E-state index is 0.0630. The Kier molecular flexibility index (Phi) is 6.83. The molecule has 2 amide bonds. The highest BCUT2D eigenvalue weighted by molar-refractivity contribution is 5.77. The van der Waals surface area contributed by atoms with E-state index < -0.39 is 11.7 Å². The number of benzene rings is 1. The lowest BCUT2D eigenvalue weighted by molar-refractivity contribution is -0.134. The summed E-state index contributed by atoms with van der Waals surface area (Å²) in [6.07, 6.45) is 1.22. The highest BCUT2D eigenvalue weighted by Crippen LogP contribution is 2.17. The van der Waals surface area contributed by atoms with Crippen LogP contribution < -0.4 is 10.1 Å². The van der Waals surface area contributed by atoms with Crippen LogP contribution in [0.1, 0.15) is 33.6 Å². The lowest BCUT2D eigenvalue weighted by Gasteiger charge is -2.32. The van der Waals surface area contributed by atoms with Crippen LogP contribution in [0.5, 0.6) is 5.75 Å². The largest absolute Gasteiger partial charge is 0.484 e. The number of piperidine rings is 1. The molecule has 1 fully saturated rings. The highest BCUT2D eigenvalue weighted by Gasteiger charge is 2.24. The molecule has 0 saturated carbocycles. The minimum Gasteiger partial charge on any atom is -0.484 e. The first-order valence-electron chi connectivity index (χ1n) is 8.86. The fourth-order valence-corrected chi connectivity index (χ4v) is 2.70. The average Bonchev–Trinajstić information content (AvgIpc) is 2.58. The van der Waals surface area contributed by atoms with Crippen LogP contribution in [0.4, 0.5) is 9.18 Å². The van der Waals surface area contributed by atoms with Crippen LogP contribution in [0.15, 0.2) is 24.3 Å². The maximum atomic E-state index is 12.8. The van der Waals surface area contributed by atoms with Crippen molar-refractivity contribution >= 4 is 12.0 Å². The topological polar surface area (TPSA) is 67.9 Å².